The number of hydrogen-bond donors (Lipinski definition) is 3. The summed E-state index contributed by atoms with van der Waals surface area (Å²) in [7, 11) is 1.49. The number of phenols is 1. The number of halogens is 3. The molecule has 0 saturated heterocycles. The van der Waals surface area contributed by atoms with Crippen LogP contribution in [-0.2, 0) is 0 Å². The molecule has 2 aliphatic rings. The van der Waals surface area contributed by atoms with Gasteiger partial charge in [-0.05, 0) is 63.0 Å². The van der Waals surface area contributed by atoms with Crippen LogP contribution in [0.3, 0.4) is 0 Å². The number of aliphatic hydroxyl groups is 1. The van der Waals surface area contributed by atoms with Crippen LogP contribution in [0, 0.1) is 0 Å². The first kappa shape index (κ1) is 27.0. The number of aliphatic hydroxyl groups excluding tert-OH is 1. The molecule has 0 bridgehead atoms. The van der Waals surface area contributed by atoms with Crippen LogP contribution < -0.4 is 14.8 Å². The van der Waals surface area contributed by atoms with E-state index in [0.717, 1.165) is 28.0 Å². The molecule has 0 amide bonds. The van der Waals surface area contributed by atoms with Crippen LogP contribution in [-0.4, -0.2) is 40.4 Å². The molecule has 0 spiro atoms. The number of phenolic OH excluding ortho intramolecular Hbond substituents is 1. The van der Waals surface area contributed by atoms with E-state index < -0.39 is 18.7 Å². The van der Waals surface area contributed by atoms with E-state index >= 15 is 0 Å². The molecule has 2 heterocycles. The van der Waals surface area contributed by atoms with E-state index in [4.69, 9.17) is 9.47 Å². The van der Waals surface area contributed by atoms with Gasteiger partial charge in [0.15, 0.2) is 17.6 Å². The maximum atomic E-state index is 12.6. The third kappa shape index (κ3) is 5.48. The fourth-order valence-electron chi connectivity index (χ4n) is 4.71. The number of allylic oxidation sites excluding steroid dienone is 1. The number of rotatable bonds is 6. The van der Waals surface area contributed by atoms with Crippen molar-refractivity contribution in [3.63, 3.8) is 0 Å². The van der Waals surface area contributed by atoms with E-state index in [-0.39, 0.29) is 16.5 Å². The van der Waals surface area contributed by atoms with Gasteiger partial charge in [0.1, 0.15) is 11.5 Å². The molecule has 37 heavy (non-hydrogen) atoms. The number of nitrogens with one attached hydrogen (secondary N) is 1. The summed E-state index contributed by atoms with van der Waals surface area (Å²) in [5.41, 5.74) is 5.07. The van der Waals surface area contributed by atoms with Crippen LogP contribution >= 0.6 is 11.8 Å². The molecule has 0 fully saturated rings. The van der Waals surface area contributed by atoms with Crippen molar-refractivity contribution in [3.05, 3.63) is 59.0 Å². The largest absolute Gasteiger partial charge is 0.504 e. The molecule has 0 aliphatic carbocycles. The van der Waals surface area contributed by atoms with Crippen molar-refractivity contribution < 1.29 is 32.9 Å². The first-order valence-corrected chi connectivity index (χ1v) is 12.8. The smallest absolute Gasteiger partial charge is 0.414 e. The lowest BCUT2D eigenvalue weighted by molar-refractivity contribution is -0.202. The Labute approximate surface area is 218 Å². The topological polar surface area (TPSA) is 71.0 Å². The summed E-state index contributed by atoms with van der Waals surface area (Å²) >= 11 is 1.32. The minimum absolute atomic E-state index is 0.00239. The Bertz CT molecular complexity index is 1300. The minimum Gasteiger partial charge on any atom is -0.504 e. The average Bonchev–Trinajstić information content (AvgIpc) is 2.80. The van der Waals surface area contributed by atoms with E-state index in [2.05, 4.69) is 25.2 Å². The molecule has 0 radical (unpaired) electrons. The van der Waals surface area contributed by atoms with Crippen molar-refractivity contribution in [2.75, 3.05) is 12.4 Å². The highest BCUT2D eigenvalue weighted by atomic mass is 32.2. The highest BCUT2D eigenvalue weighted by molar-refractivity contribution is 8.02. The third-order valence-electron chi connectivity index (χ3n) is 6.19. The summed E-state index contributed by atoms with van der Waals surface area (Å²) in [6, 6.07) is 7.18. The van der Waals surface area contributed by atoms with Gasteiger partial charge in [-0.3, -0.25) is 0 Å². The molecular formula is C28H30F3NO4S. The lowest BCUT2D eigenvalue weighted by Crippen LogP contribution is -2.32. The van der Waals surface area contributed by atoms with E-state index in [1.807, 2.05) is 32.1 Å². The Morgan fingerprint density at radius 3 is 2.57 bits per heavy atom. The zero-order valence-electron chi connectivity index (χ0n) is 21.2. The predicted molar refractivity (Wildman–Crippen MR) is 143 cm³/mol. The summed E-state index contributed by atoms with van der Waals surface area (Å²) in [5.74, 6) is 1.45. The molecule has 2 aromatic carbocycles. The van der Waals surface area contributed by atoms with Crippen LogP contribution in [0.25, 0.3) is 22.5 Å². The SMILES string of the molecule is COc1c(O)ccc2c1-c1ccc3c(c1/C(=C/C(C)S/C=C\CC(O)C(F)(F)F)O2)C(C)=CC(C)(C)N3. The number of benzene rings is 2. The first-order valence-electron chi connectivity index (χ1n) is 11.8. The summed E-state index contributed by atoms with van der Waals surface area (Å²) in [6.45, 7) is 8.13. The van der Waals surface area contributed by atoms with E-state index in [9.17, 15) is 23.4 Å². The lowest BCUT2D eigenvalue weighted by atomic mass is 9.83. The van der Waals surface area contributed by atoms with Crippen molar-refractivity contribution in [1.29, 1.82) is 0 Å². The van der Waals surface area contributed by atoms with Gasteiger partial charge in [0.2, 0.25) is 0 Å². The summed E-state index contributed by atoms with van der Waals surface area (Å²) in [4.78, 5) is 0. The fraction of sp³-hybridized carbons (Fsp3) is 0.357. The highest BCUT2D eigenvalue weighted by Crippen LogP contribution is 2.54. The number of aromatic hydroxyl groups is 1. The molecule has 2 unspecified atom stereocenters. The Hall–Kier alpha value is -3.04. The Balaban J connectivity index is 1.77. The van der Waals surface area contributed by atoms with Crippen molar-refractivity contribution in [1.82, 2.24) is 0 Å². The number of thioether (sulfide) groups is 1. The van der Waals surface area contributed by atoms with Gasteiger partial charge in [-0.15, -0.1) is 11.8 Å². The Kier molecular flexibility index (Phi) is 7.32. The molecule has 2 aromatic rings. The van der Waals surface area contributed by atoms with Crippen LogP contribution in [0.5, 0.6) is 17.2 Å². The predicted octanol–water partition coefficient (Wildman–Crippen LogP) is 7.36. The van der Waals surface area contributed by atoms with Crippen molar-refractivity contribution in [2.45, 2.75) is 57.2 Å². The standard InChI is InChI=1S/C28H30F3NO4S/c1-15-14-27(3,4)32-18-9-8-17-24(23(15)18)21(36-20-11-10-19(33)26(35-5)25(17)20)13-16(2)37-12-6-7-22(34)28(29,30)31/h6,8-14,16,22,32-34H,7H2,1-5H3/b12-6-,21-13-. The number of methoxy groups -OCH3 is 1. The van der Waals surface area contributed by atoms with Gasteiger partial charge in [-0.25, -0.2) is 0 Å². The molecule has 4 rings (SSSR count). The van der Waals surface area contributed by atoms with Gasteiger partial charge in [0, 0.05) is 34.0 Å². The first-order chi connectivity index (χ1) is 17.3. The second-order valence-electron chi connectivity index (χ2n) is 9.71. The zero-order chi connectivity index (χ0) is 27.1. The quantitative estimate of drug-likeness (QED) is 0.361. The number of anilines is 1. The summed E-state index contributed by atoms with van der Waals surface area (Å²) in [5, 5.41) is 24.6. The molecule has 0 saturated carbocycles. The van der Waals surface area contributed by atoms with Gasteiger partial charge in [-0.2, -0.15) is 13.2 Å². The van der Waals surface area contributed by atoms with E-state index in [1.54, 1.807) is 11.5 Å². The molecule has 0 aromatic heterocycles. The highest BCUT2D eigenvalue weighted by Gasteiger charge is 2.37. The van der Waals surface area contributed by atoms with Gasteiger partial charge in [-0.1, -0.05) is 18.2 Å². The minimum atomic E-state index is -4.64. The number of hydrogen-bond acceptors (Lipinski definition) is 6. The third-order valence-corrected chi connectivity index (χ3v) is 7.10. The Morgan fingerprint density at radius 1 is 1.16 bits per heavy atom. The number of alkyl halides is 3. The Morgan fingerprint density at radius 2 is 1.89 bits per heavy atom. The fourth-order valence-corrected chi connectivity index (χ4v) is 5.39. The van der Waals surface area contributed by atoms with E-state index in [1.165, 1.54) is 31.0 Å². The lowest BCUT2D eigenvalue weighted by Gasteiger charge is -2.35. The maximum absolute atomic E-state index is 12.6. The normalized spacial score (nSPS) is 18.7. The number of fused-ring (bicyclic) bond motifs is 5. The van der Waals surface area contributed by atoms with Crippen LogP contribution in [0.1, 0.15) is 45.2 Å². The zero-order valence-corrected chi connectivity index (χ0v) is 22.1. The second kappa shape index (κ2) is 10.0. The van der Waals surface area contributed by atoms with Crippen LogP contribution in [0.15, 0.2) is 47.9 Å². The van der Waals surface area contributed by atoms with Gasteiger partial charge >= 0.3 is 6.18 Å². The van der Waals surface area contributed by atoms with Crippen molar-refractivity contribution >= 4 is 28.8 Å². The van der Waals surface area contributed by atoms with Crippen molar-refractivity contribution in [2.24, 2.45) is 0 Å². The van der Waals surface area contributed by atoms with Gasteiger partial charge in [0.25, 0.3) is 0 Å². The molecule has 198 valence electrons. The molecule has 2 atom stereocenters. The second-order valence-corrected chi connectivity index (χ2v) is 11.0. The number of ether oxygens (including phenoxy) is 2. The molecule has 3 N–H and O–H groups in total. The van der Waals surface area contributed by atoms with Crippen LogP contribution in [0.4, 0.5) is 18.9 Å². The van der Waals surface area contributed by atoms with E-state index in [0.29, 0.717) is 22.8 Å². The molecular weight excluding hydrogens is 503 g/mol. The molecule has 2 aliphatic heterocycles. The van der Waals surface area contributed by atoms with Gasteiger partial charge in [0.05, 0.1) is 18.2 Å². The van der Waals surface area contributed by atoms with Crippen molar-refractivity contribution in [3.8, 4) is 28.4 Å². The van der Waals surface area contributed by atoms with Gasteiger partial charge < -0.3 is 25.0 Å². The summed E-state index contributed by atoms with van der Waals surface area (Å²) < 4.78 is 49.6. The van der Waals surface area contributed by atoms with Crippen LogP contribution in [0.2, 0.25) is 0 Å². The molecule has 5 nitrogen and oxygen atoms in total. The summed E-state index contributed by atoms with van der Waals surface area (Å²) in [6.07, 6.45) is -2.14. The molecule has 9 heteroatoms. The average molecular weight is 534 g/mol. The maximum Gasteiger partial charge on any atom is 0.414 e. The monoisotopic (exact) mass is 533 g/mol.